The summed E-state index contributed by atoms with van der Waals surface area (Å²) in [7, 11) is 1.73. The Morgan fingerprint density at radius 3 is 2.41 bits per heavy atom. The van der Waals surface area contributed by atoms with Gasteiger partial charge in [0.2, 0.25) is 0 Å². The standard InChI is InChI=1S/C29H36N2O3/c1-29(2)16-22-14-23(20-8-6-19(7-9-20)18-4-5-18)25(33-3)15-24(22)27(29)30-28(32)34-26-17-31-12-10-21(26)11-13-31/h6-9,14-15,18,21,26-27H,4-5,10-13,16-17H2,1-3H3,(H,30,32)/t26-,27?/m0/s1. The lowest BCUT2D eigenvalue weighted by molar-refractivity contribution is -0.0349. The van der Waals surface area contributed by atoms with Crippen molar-refractivity contribution in [1.29, 1.82) is 0 Å². The Morgan fingerprint density at radius 1 is 1.06 bits per heavy atom. The first kappa shape index (κ1) is 22.0. The van der Waals surface area contributed by atoms with Crippen LogP contribution in [0.3, 0.4) is 0 Å². The summed E-state index contributed by atoms with van der Waals surface area (Å²) < 4.78 is 11.8. The Kier molecular flexibility index (Phi) is 5.36. The minimum atomic E-state index is -0.289. The van der Waals surface area contributed by atoms with Gasteiger partial charge < -0.3 is 14.8 Å². The van der Waals surface area contributed by atoms with Crippen LogP contribution in [0.25, 0.3) is 11.1 Å². The van der Waals surface area contributed by atoms with Crippen molar-refractivity contribution in [3.63, 3.8) is 0 Å². The molecule has 1 amide bonds. The van der Waals surface area contributed by atoms with E-state index >= 15 is 0 Å². The monoisotopic (exact) mass is 460 g/mol. The third-order valence-corrected chi connectivity index (χ3v) is 8.59. The van der Waals surface area contributed by atoms with Gasteiger partial charge in [-0.2, -0.15) is 0 Å². The summed E-state index contributed by atoms with van der Waals surface area (Å²) in [5.74, 6) is 2.12. The first-order chi connectivity index (χ1) is 16.4. The number of rotatable bonds is 5. The zero-order chi connectivity index (χ0) is 23.4. The summed E-state index contributed by atoms with van der Waals surface area (Å²) in [5, 5.41) is 3.23. The van der Waals surface area contributed by atoms with E-state index in [1.54, 1.807) is 7.11 Å². The van der Waals surface area contributed by atoms with Gasteiger partial charge in [-0.25, -0.2) is 4.79 Å². The molecule has 2 aromatic carbocycles. The van der Waals surface area contributed by atoms with Crippen LogP contribution in [-0.2, 0) is 11.2 Å². The number of benzene rings is 2. The number of nitrogens with one attached hydrogen (secondary N) is 1. The van der Waals surface area contributed by atoms with E-state index in [-0.39, 0.29) is 23.7 Å². The molecule has 2 atom stereocenters. The molecule has 0 aromatic heterocycles. The highest BCUT2D eigenvalue weighted by molar-refractivity contribution is 5.74. The van der Waals surface area contributed by atoms with Crippen molar-refractivity contribution in [3.05, 3.63) is 53.1 Å². The molecular formula is C29H36N2O3. The van der Waals surface area contributed by atoms with E-state index in [2.05, 4.69) is 60.5 Å². The molecule has 4 fully saturated rings. The van der Waals surface area contributed by atoms with E-state index in [1.165, 1.54) is 29.5 Å². The molecule has 1 saturated carbocycles. The molecule has 1 N–H and O–H groups in total. The maximum absolute atomic E-state index is 13.0. The number of hydrogen-bond donors (Lipinski definition) is 1. The van der Waals surface area contributed by atoms with E-state index in [1.807, 2.05) is 0 Å². The highest BCUT2D eigenvalue weighted by atomic mass is 16.6. The molecule has 2 aromatic rings. The number of amides is 1. The van der Waals surface area contributed by atoms with E-state index < -0.39 is 0 Å². The van der Waals surface area contributed by atoms with Crippen molar-refractivity contribution >= 4 is 6.09 Å². The van der Waals surface area contributed by atoms with Crippen LogP contribution in [0.5, 0.6) is 5.75 Å². The molecule has 7 rings (SSSR count). The Morgan fingerprint density at radius 2 is 1.79 bits per heavy atom. The average molecular weight is 461 g/mol. The second-order valence-electron chi connectivity index (χ2n) is 11.5. The SMILES string of the molecule is COc1cc2c(cc1-c1ccc(C3CC3)cc1)CC(C)(C)C2NC(=O)O[C@H]1CN2CCC1CC2. The van der Waals surface area contributed by atoms with Crippen LogP contribution in [0.2, 0.25) is 0 Å². The normalized spacial score (nSPS) is 28.9. The molecular weight excluding hydrogens is 424 g/mol. The van der Waals surface area contributed by atoms with E-state index in [9.17, 15) is 4.79 Å². The van der Waals surface area contributed by atoms with E-state index in [0.717, 1.165) is 61.7 Å². The predicted octanol–water partition coefficient (Wildman–Crippen LogP) is 5.68. The smallest absolute Gasteiger partial charge is 0.407 e. The first-order valence-corrected chi connectivity index (χ1v) is 12.9. The molecule has 3 saturated heterocycles. The molecule has 3 heterocycles. The molecule has 34 heavy (non-hydrogen) atoms. The Labute approximate surface area is 202 Å². The number of nitrogens with zero attached hydrogens (tertiary/aromatic N) is 1. The number of carbonyl (C=O) groups is 1. The number of piperidine rings is 3. The Balaban J connectivity index is 1.23. The third-order valence-electron chi connectivity index (χ3n) is 8.59. The highest BCUT2D eigenvalue weighted by Crippen LogP contribution is 2.49. The largest absolute Gasteiger partial charge is 0.496 e. The number of methoxy groups -OCH3 is 1. The summed E-state index contributed by atoms with van der Waals surface area (Å²) in [5.41, 5.74) is 6.06. The molecule has 180 valence electrons. The van der Waals surface area contributed by atoms with Crippen molar-refractivity contribution in [2.75, 3.05) is 26.7 Å². The van der Waals surface area contributed by atoms with Crippen LogP contribution in [0, 0.1) is 11.3 Å². The molecule has 1 unspecified atom stereocenters. The van der Waals surface area contributed by atoms with Gasteiger partial charge in [0.05, 0.1) is 13.2 Å². The van der Waals surface area contributed by atoms with Gasteiger partial charge in [-0.1, -0.05) is 38.1 Å². The maximum Gasteiger partial charge on any atom is 0.407 e. The van der Waals surface area contributed by atoms with Crippen molar-refractivity contribution in [2.24, 2.45) is 11.3 Å². The average Bonchev–Trinajstić information content (AvgIpc) is 3.65. The minimum absolute atomic E-state index is 0.0157. The number of alkyl carbamates (subject to hydrolysis) is 1. The first-order valence-electron chi connectivity index (χ1n) is 12.9. The molecule has 5 nitrogen and oxygen atoms in total. The fourth-order valence-electron chi connectivity index (χ4n) is 6.43. The Hall–Kier alpha value is -2.53. The van der Waals surface area contributed by atoms with Gasteiger partial charge in [0.1, 0.15) is 11.9 Å². The van der Waals surface area contributed by atoms with Gasteiger partial charge in [-0.15, -0.1) is 0 Å². The predicted molar refractivity (Wildman–Crippen MR) is 133 cm³/mol. The molecule has 2 bridgehead atoms. The summed E-state index contributed by atoms with van der Waals surface area (Å²) in [6.07, 6.45) is 5.53. The van der Waals surface area contributed by atoms with Gasteiger partial charge in [0.25, 0.3) is 0 Å². The van der Waals surface area contributed by atoms with Crippen LogP contribution in [-0.4, -0.2) is 43.8 Å². The fraction of sp³-hybridized carbons (Fsp3) is 0.552. The number of ether oxygens (including phenoxy) is 2. The van der Waals surface area contributed by atoms with Crippen LogP contribution in [0.15, 0.2) is 36.4 Å². The van der Waals surface area contributed by atoms with Crippen molar-refractivity contribution in [2.45, 2.75) is 64.0 Å². The van der Waals surface area contributed by atoms with Crippen molar-refractivity contribution < 1.29 is 14.3 Å². The molecule has 3 aliphatic heterocycles. The van der Waals surface area contributed by atoms with Gasteiger partial charge >= 0.3 is 6.09 Å². The van der Waals surface area contributed by atoms with Gasteiger partial charge in [0, 0.05) is 12.1 Å². The Bertz CT molecular complexity index is 1080. The van der Waals surface area contributed by atoms with Crippen LogP contribution >= 0.6 is 0 Å². The van der Waals surface area contributed by atoms with Crippen molar-refractivity contribution in [3.8, 4) is 16.9 Å². The van der Waals surface area contributed by atoms with Gasteiger partial charge in [-0.3, -0.25) is 4.90 Å². The molecule has 5 heteroatoms. The molecule has 0 spiro atoms. The molecule has 2 aliphatic carbocycles. The zero-order valence-electron chi connectivity index (χ0n) is 20.6. The minimum Gasteiger partial charge on any atom is -0.496 e. The van der Waals surface area contributed by atoms with Crippen LogP contribution in [0.4, 0.5) is 4.79 Å². The lowest BCUT2D eigenvalue weighted by Crippen LogP contribution is -2.53. The number of hydrogen-bond acceptors (Lipinski definition) is 4. The zero-order valence-corrected chi connectivity index (χ0v) is 20.6. The van der Waals surface area contributed by atoms with Gasteiger partial charge in [0.15, 0.2) is 0 Å². The van der Waals surface area contributed by atoms with Crippen molar-refractivity contribution in [1.82, 2.24) is 10.2 Å². The summed E-state index contributed by atoms with van der Waals surface area (Å²) in [6, 6.07) is 13.3. The summed E-state index contributed by atoms with van der Waals surface area (Å²) >= 11 is 0. The maximum atomic E-state index is 13.0. The molecule has 0 radical (unpaired) electrons. The highest BCUT2D eigenvalue weighted by Gasteiger charge is 2.42. The number of carbonyl (C=O) groups excluding carboxylic acids is 1. The fourth-order valence-corrected chi connectivity index (χ4v) is 6.43. The summed E-state index contributed by atoms with van der Waals surface area (Å²) in [4.78, 5) is 15.4. The van der Waals surface area contributed by atoms with Crippen LogP contribution < -0.4 is 10.1 Å². The van der Waals surface area contributed by atoms with Crippen LogP contribution in [0.1, 0.15) is 68.2 Å². The molecule has 5 aliphatic rings. The van der Waals surface area contributed by atoms with E-state index in [0.29, 0.717) is 5.92 Å². The number of fused-ring (bicyclic) bond motifs is 4. The quantitative estimate of drug-likeness (QED) is 0.623. The second-order valence-corrected chi connectivity index (χ2v) is 11.5. The van der Waals surface area contributed by atoms with E-state index in [4.69, 9.17) is 9.47 Å². The van der Waals surface area contributed by atoms with Gasteiger partial charge in [-0.05, 0) is 96.8 Å². The topological polar surface area (TPSA) is 50.8 Å². The summed E-state index contributed by atoms with van der Waals surface area (Å²) in [6.45, 7) is 7.60. The third kappa shape index (κ3) is 3.98. The second kappa shape index (κ2) is 8.30. The lowest BCUT2D eigenvalue weighted by atomic mass is 9.85. The lowest BCUT2D eigenvalue weighted by Gasteiger charge is -2.44.